The van der Waals surface area contributed by atoms with Crippen LogP contribution in [0.4, 0.5) is 17.1 Å². The van der Waals surface area contributed by atoms with Crippen LogP contribution in [0.3, 0.4) is 0 Å². The lowest BCUT2D eigenvalue weighted by atomic mass is 10.2. The third kappa shape index (κ3) is 2.81. The molecule has 0 fully saturated rings. The number of halogens is 2. The van der Waals surface area contributed by atoms with Crippen molar-refractivity contribution < 1.29 is 0 Å². The molecule has 0 saturated heterocycles. The Bertz CT molecular complexity index is 894. The SMILES string of the molecule is Nc1cc2c(=O)[nH]cnc2cc1Nc1ccc(Cl)cc1I. The molecule has 2 aromatic carbocycles. The van der Waals surface area contributed by atoms with E-state index in [0.29, 0.717) is 27.3 Å². The molecule has 1 aromatic heterocycles. The van der Waals surface area contributed by atoms with E-state index in [4.69, 9.17) is 17.3 Å². The van der Waals surface area contributed by atoms with Crippen molar-refractivity contribution in [3.05, 3.63) is 55.6 Å². The lowest BCUT2D eigenvalue weighted by Gasteiger charge is -2.12. The van der Waals surface area contributed by atoms with Gasteiger partial charge in [0.2, 0.25) is 0 Å². The number of hydrogen-bond donors (Lipinski definition) is 3. The maximum absolute atomic E-state index is 11.7. The van der Waals surface area contributed by atoms with Gasteiger partial charge in [0.05, 0.1) is 34.3 Å². The zero-order valence-electron chi connectivity index (χ0n) is 10.7. The number of nitrogen functional groups attached to an aromatic ring is 1. The molecular formula is C14H10ClIN4O. The summed E-state index contributed by atoms with van der Waals surface area (Å²) >= 11 is 8.13. The smallest absolute Gasteiger partial charge is 0.258 e. The normalized spacial score (nSPS) is 10.8. The molecule has 0 amide bonds. The van der Waals surface area contributed by atoms with Crippen molar-refractivity contribution in [1.82, 2.24) is 9.97 Å². The highest BCUT2D eigenvalue weighted by Gasteiger charge is 2.08. The van der Waals surface area contributed by atoms with E-state index in [9.17, 15) is 4.79 Å². The molecule has 0 aliphatic carbocycles. The molecule has 3 rings (SSSR count). The van der Waals surface area contributed by atoms with E-state index in [2.05, 4.69) is 37.9 Å². The van der Waals surface area contributed by atoms with Crippen LogP contribution in [0.15, 0.2) is 41.5 Å². The predicted molar refractivity (Wildman–Crippen MR) is 94.2 cm³/mol. The number of aromatic amines is 1. The maximum Gasteiger partial charge on any atom is 0.258 e. The summed E-state index contributed by atoms with van der Waals surface area (Å²) in [6, 6.07) is 8.90. The van der Waals surface area contributed by atoms with Crippen molar-refractivity contribution in [2.45, 2.75) is 0 Å². The van der Waals surface area contributed by atoms with Crippen LogP contribution in [-0.2, 0) is 0 Å². The number of nitrogens with two attached hydrogens (primary N) is 1. The molecule has 0 aliphatic rings. The second kappa shape index (κ2) is 5.53. The highest BCUT2D eigenvalue weighted by Crippen LogP contribution is 2.30. The number of nitrogens with zero attached hydrogens (tertiary/aromatic N) is 1. The fourth-order valence-electron chi connectivity index (χ4n) is 1.98. The molecule has 3 aromatic rings. The standard InChI is InChI=1S/C14H10ClIN4O/c15-7-1-2-11(9(16)3-7)20-13-5-12-8(4-10(13)17)14(21)19-6-18-12/h1-6,20H,17H2,(H,18,19,21). The Labute approximate surface area is 138 Å². The fraction of sp³-hybridized carbons (Fsp3) is 0. The molecule has 0 saturated carbocycles. The second-order valence-electron chi connectivity index (χ2n) is 4.44. The summed E-state index contributed by atoms with van der Waals surface area (Å²) in [6.07, 6.45) is 1.37. The van der Waals surface area contributed by atoms with Crippen LogP contribution < -0.4 is 16.6 Å². The highest BCUT2D eigenvalue weighted by atomic mass is 127. The topological polar surface area (TPSA) is 83.8 Å². The van der Waals surface area contributed by atoms with Crippen LogP contribution in [0.2, 0.25) is 5.02 Å². The Kier molecular flexibility index (Phi) is 3.73. The maximum atomic E-state index is 11.7. The Morgan fingerprint density at radius 2 is 2.05 bits per heavy atom. The monoisotopic (exact) mass is 412 g/mol. The van der Waals surface area contributed by atoms with Crippen LogP contribution in [0.25, 0.3) is 10.9 Å². The van der Waals surface area contributed by atoms with Gasteiger partial charge < -0.3 is 16.0 Å². The molecular weight excluding hydrogens is 403 g/mol. The molecule has 7 heteroatoms. The number of benzene rings is 2. The van der Waals surface area contributed by atoms with E-state index in [1.807, 2.05) is 12.1 Å². The van der Waals surface area contributed by atoms with Crippen LogP contribution in [0, 0.1) is 3.57 Å². The van der Waals surface area contributed by atoms with Gasteiger partial charge in [0.1, 0.15) is 0 Å². The average molecular weight is 413 g/mol. The van der Waals surface area contributed by atoms with Gasteiger partial charge in [-0.2, -0.15) is 0 Å². The first-order chi connectivity index (χ1) is 10.0. The zero-order valence-corrected chi connectivity index (χ0v) is 13.6. The molecule has 0 atom stereocenters. The van der Waals surface area contributed by atoms with Gasteiger partial charge in [0, 0.05) is 8.59 Å². The Morgan fingerprint density at radius 1 is 1.24 bits per heavy atom. The largest absolute Gasteiger partial charge is 0.397 e. The van der Waals surface area contributed by atoms with Gasteiger partial charge in [-0.1, -0.05) is 11.6 Å². The summed E-state index contributed by atoms with van der Waals surface area (Å²) in [7, 11) is 0. The van der Waals surface area contributed by atoms with Crippen molar-refractivity contribution in [2.75, 3.05) is 11.1 Å². The van der Waals surface area contributed by atoms with Crippen molar-refractivity contribution >= 4 is 62.2 Å². The first-order valence-electron chi connectivity index (χ1n) is 6.03. The van der Waals surface area contributed by atoms with Crippen LogP contribution in [0.1, 0.15) is 0 Å². The van der Waals surface area contributed by atoms with E-state index in [1.165, 1.54) is 6.33 Å². The number of H-pyrrole nitrogens is 1. The lowest BCUT2D eigenvalue weighted by molar-refractivity contribution is 1.17. The minimum absolute atomic E-state index is 0.209. The summed E-state index contributed by atoms with van der Waals surface area (Å²) in [4.78, 5) is 18.4. The number of nitrogens with one attached hydrogen (secondary N) is 2. The van der Waals surface area contributed by atoms with Gasteiger partial charge in [-0.25, -0.2) is 4.98 Å². The van der Waals surface area contributed by atoms with E-state index in [1.54, 1.807) is 18.2 Å². The first kappa shape index (κ1) is 14.2. The number of anilines is 3. The Hall–Kier alpha value is -1.80. The first-order valence-corrected chi connectivity index (χ1v) is 7.49. The molecule has 1 heterocycles. The molecule has 0 unspecified atom stereocenters. The predicted octanol–water partition coefficient (Wildman–Crippen LogP) is 3.51. The lowest BCUT2D eigenvalue weighted by Crippen LogP contribution is -2.07. The highest BCUT2D eigenvalue weighted by molar-refractivity contribution is 14.1. The minimum atomic E-state index is -0.209. The number of hydrogen-bond acceptors (Lipinski definition) is 4. The van der Waals surface area contributed by atoms with Crippen LogP contribution >= 0.6 is 34.2 Å². The fourth-order valence-corrected chi connectivity index (χ4v) is 2.98. The summed E-state index contributed by atoms with van der Waals surface area (Å²) < 4.78 is 0.971. The van der Waals surface area contributed by atoms with Crippen molar-refractivity contribution in [3.8, 4) is 0 Å². The quantitative estimate of drug-likeness (QED) is 0.444. The molecule has 21 heavy (non-hydrogen) atoms. The molecule has 0 bridgehead atoms. The van der Waals surface area contributed by atoms with Gasteiger partial charge in [0.15, 0.2) is 0 Å². The van der Waals surface area contributed by atoms with Gasteiger partial charge in [-0.15, -0.1) is 0 Å². The molecule has 106 valence electrons. The number of fused-ring (bicyclic) bond motifs is 1. The molecule has 4 N–H and O–H groups in total. The minimum Gasteiger partial charge on any atom is -0.397 e. The van der Waals surface area contributed by atoms with Gasteiger partial charge in [-0.3, -0.25) is 4.79 Å². The van der Waals surface area contributed by atoms with Crippen LogP contribution in [-0.4, -0.2) is 9.97 Å². The van der Waals surface area contributed by atoms with E-state index < -0.39 is 0 Å². The van der Waals surface area contributed by atoms with E-state index in [0.717, 1.165) is 9.26 Å². The number of aromatic nitrogens is 2. The van der Waals surface area contributed by atoms with Crippen molar-refractivity contribution in [3.63, 3.8) is 0 Å². The summed E-state index contributed by atoms with van der Waals surface area (Å²) in [5.41, 5.74) is 8.44. The molecule has 5 nitrogen and oxygen atoms in total. The second-order valence-corrected chi connectivity index (χ2v) is 6.04. The summed E-state index contributed by atoms with van der Waals surface area (Å²) in [5.74, 6) is 0. The molecule has 0 aliphatic heterocycles. The van der Waals surface area contributed by atoms with Gasteiger partial charge >= 0.3 is 0 Å². The number of rotatable bonds is 2. The van der Waals surface area contributed by atoms with Crippen molar-refractivity contribution in [1.29, 1.82) is 0 Å². The van der Waals surface area contributed by atoms with Gasteiger partial charge in [0.25, 0.3) is 5.56 Å². The molecule has 0 spiro atoms. The van der Waals surface area contributed by atoms with Crippen molar-refractivity contribution in [2.24, 2.45) is 0 Å². The van der Waals surface area contributed by atoms with Crippen LogP contribution in [0.5, 0.6) is 0 Å². The molecule has 0 radical (unpaired) electrons. The third-order valence-corrected chi connectivity index (χ3v) is 4.14. The third-order valence-electron chi connectivity index (χ3n) is 3.01. The average Bonchev–Trinajstić information content (AvgIpc) is 2.44. The van der Waals surface area contributed by atoms with E-state index >= 15 is 0 Å². The summed E-state index contributed by atoms with van der Waals surface area (Å²) in [5, 5.41) is 4.37. The Morgan fingerprint density at radius 3 is 2.81 bits per heavy atom. The Balaban J connectivity index is 2.08. The zero-order chi connectivity index (χ0) is 15.0. The van der Waals surface area contributed by atoms with E-state index in [-0.39, 0.29) is 5.56 Å². The summed E-state index contributed by atoms with van der Waals surface area (Å²) in [6.45, 7) is 0. The van der Waals surface area contributed by atoms with Gasteiger partial charge in [-0.05, 0) is 52.9 Å².